The predicted molar refractivity (Wildman–Crippen MR) is 92.7 cm³/mol. The zero-order valence-corrected chi connectivity index (χ0v) is 13.6. The monoisotopic (exact) mass is 310 g/mol. The molecular weight excluding hydrogens is 288 g/mol. The van der Waals surface area contributed by atoms with Gasteiger partial charge in [-0.05, 0) is 26.9 Å². The van der Waals surface area contributed by atoms with Gasteiger partial charge >= 0.3 is 0 Å². The van der Waals surface area contributed by atoms with Crippen LogP contribution in [0.3, 0.4) is 0 Å². The van der Waals surface area contributed by atoms with E-state index in [0.29, 0.717) is 6.61 Å². The second-order valence-electron chi connectivity index (χ2n) is 5.37. The number of benzene rings is 1. The van der Waals surface area contributed by atoms with Gasteiger partial charge in [0, 0.05) is 12.1 Å². The van der Waals surface area contributed by atoms with Gasteiger partial charge < -0.3 is 14.6 Å². The quantitative estimate of drug-likeness (QED) is 0.681. The fourth-order valence-electron chi connectivity index (χ4n) is 2.64. The fourth-order valence-corrected chi connectivity index (χ4v) is 2.64. The van der Waals surface area contributed by atoms with E-state index in [0.717, 1.165) is 47.6 Å². The minimum atomic E-state index is 0.664. The van der Waals surface area contributed by atoms with Gasteiger partial charge in [-0.3, -0.25) is 0 Å². The number of nitrogens with zero attached hydrogens (tertiary/aromatic N) is 3. The maximum atomic E-state index is 5.95. The molecule has 5 nitrogen and oxygen atoms in total. The van der Waals surface area contributed by atoms with Crippen molar-refractivity contribution in [1.82, 2.24) is 19.9 Å². The molecular formula is C18H22N4O. The Morgan fingerprint density at radius 1 is 1.17 bits per heavy atom. The Hall–Kier alpha value is -2.40. The van der Waals surface area contributed by atoms with E-state index in [1.807, 2.05) is 37.8 Å². The van der Waals surface area contributed by atoms with E-state index in [-0.39, 0.29) is 0 Å². The van der Waals surface area contributed by atoms with Gasteiger partial charge in [0.2, 0.25) is 0 Å². The van der Waals surface area contributed by atoms with Crippen LogP contribution < -0.4 is 10.1 Å². The molecule has 2 aromatic heterocycles. The molecule has 0 unspecified atom stereocenters. The topological polar surface area (TPSA) is 52.0 Å². The Bertz CT molecular complexity index is 767. The molecule has 2 heterocycles. The highest BCUT2D eigenvalue weighted by molar-refractivity contribution is 5.93. The lowest BCUT2D eigenvalue weighted by Crippen LogP contribution is -2.12. The number of ether oxygens (including phenoxy) is 1. The van der Waals surface area contributed by atoms with Gasteiger partial charge in [-0.2, -0.15) is 0 Å². The summed E-state index contributed by atoms with van der Waals surface area (Å²) in [7, 11) is 1.95. The number of imidazole rings is 1. The zero-order valence-electron chi connectivity index (χ0n) is 13.6. The Balaban J connectivity index is 2.01. The number of aryl methyl sites for hydroxylation is 1. The molecule has 3 aromatic rings. The van der Waals surface area contributed by atoms with Gasteiger partial charge in [0.15, 0.2) is 5.75 Å². The number of aromatic nitrogens is 3. The van der Waals surface area contributed by atoms with Crippen LogP contribution in [-0.4, -0.2) is 34.7 Å². The number of nitrogens with one attached hydrogen (secondary N) is 1. The van der Waals surface area contributed by atoms with Gasteiger partial charge in [0.1, 0.15) is 11.0 Å². The summed E-state index contributed by atoms with van der Waals surface area (Å²) in [6, 6.07) is 10.1. The largest absolute Gasteiger partial charge is 0.490 e. The summed E-state index contributed by atoms with van der Waals surface area (Å²) in [5.74, 6) is 0.801. The normalized spacial score (nSPS) is 11.0. The van der Waals surface area contributed by atoms with Crippen molar-refractivity contribution in [2.24, 2.45) is 0 Å². The molecule has 0 aliphatic carbocycles. The standard InChI is InChI=1S/C18H22N4O/c1-3-22-13-21-17-16(14-8-5-4-6-9-14)20-12-15(18(17)22)23-11-7-10-19-2/h4-6,8-9,12-13,19H,3,7,10-11H2,1-2H3. The Labute approximate surface area is 136 Å². The van der Waals surface area contributed by atoms with Crippen molar-refractivity contribution in [2.45, 2.75) is 19.9 Å². The van der Waals surface area contributed by atoms with Gasteiger partial charge in [-0.25, -0.2) is 9.97 Å². The highest BCUT2D eigenvalue weighted by atomic mass is 16.5. The second kappa shape index (κ2) is 7.24. The smallest absolute Gasteiger partial charge is 0.163 e. The lowest BCUT2D eigenvalue weighted by atomic mass is 10.1. The van der Waals surface area contributed by atoms with Crippen molar-refractivity contribution in [1.29, 1.82) is 0 Å². The molecule has 0 spiro atoms. The minimum Gasteiger partial charge on any atom is -0.490 e. The molecule has 0 amide bonds. The van der Waals surface area contributed by atoms with E-state index in [9.17, 15) is 0 Å². The van der Waals surface area contributed by atoms with Gasteiger partial charge in [-0.1, -0.05) is 30.3 Å². The van der Waals surface area contributed by atoms with Crippen molar-refractivity contribution < 1.29 is 4.74 Å². The third-order valence-corrected chi connectivity index (χ3v) is 3.82. The number of fused-ring (bicyclic) bond motifs is 1. The summed E-state index contributed by atoms with van der Waals surface area (Å²) in [5.41, 5.74) is 3.88. The molecule has 0 aliphatic rings. The van der Waals surface area contributed by atoms with E-state index >= 15 is 0 Å². The Morgan fingerprint density at radius 3 is 2.74 bits per heavy atom. The van der Waals surface area contributed by atoms with Crippen molar-refractivity contribution >= 4 is 11.0 Å². The maximum Gasteiger partial charge on any atom is 0.163 e. The van der Waals surface area contributed by atoms with Crippen molar-refractivity contribution in [3.63, 3.8) is 0 Å². The SMILES string of the molecule is CCn1cnc2c(-c3ccccc3)ncc(OCCCNC)c21. The van der Waals surface area contributed by atoms with Crippen LogP contribution in [0.4, 0.5) is 0 Å². The average Bonchev–Trinajstić information content (AvgIpc) is 3.04. The molecule has 0 saturated carbocycles. The van der Waals surface area contributed by atoms with E-state index in [1.54, 1.807) is 0 Å². The fraction of sp³-hybridized carbons (Fsp3) is 0.333. The molecule has 0 aliphatic heterocycles. The van der Waals surface area contributed by atoms with Crippen LogP contribution in [0.5, 0.6) is 5.75 Å². The summed E-state index contributed by atoms with van der Waals surface area (Å²) in [5, 5.41) is 3.13. The predicted octanol–water partition coefficient (Wildman–Crippen LogP) is 3.11. The lowest BCUT2D eigenvalue weighted by Gasteiger charge is -2.11. The van der Waals surface area contributed by atoms with Gasteiger partial charge in [0.05, 0.1) is 24.8 Å². The van der Waals surface area contributed by atoms with Crippen molar-refractivity contribution in [2.75, 3.05) is 20.2 Å². The first-order valence-corrected chi connectivity index (χ1v) is 8.01. The van der Waals surface area contributed by atoms with Crippen LogP contribution in [0.2, 0.25) is 0 Å². The summed E-state index contributed by atoms with van der Waals surface area (Å²) < 4.78 is 8.06. The Morgan fingerprint density at radius 2 is 2.00 bits per heavy atom. The molecule has 23 heavy (non-hydrogen) atoms. The van der Waals surface area contributed by atoms with Crippen LogP contribution in [0, 0.1) is 0 Å². The van der Waals surface area contributed by atoms with E-state index < -0.39 is 0 Å². The van der Waals surface area contributed by atoms with Crippen LogP contribution >= 0.6 is 0 Å². The molecule has 120 valence electrons. The molecule has 5 heteroatoms. The summed E-state index contributed by atoms with van der Waals surface area (Å²) in [6.07, 6.45) is 4.63. The molecule has 1 aromatic carbocycles. The van der Waals surface area contributed by atoms with E-state index in [4.69, 9.17) is 4.74 Å². The Kier molecular flexibility index (Phi) is 4.88. The van der Waals surface area contributed by atoms with Gasteiger partial charge in [0.25, 0.3) is 0 Å². The average molecular weight is 310 g/mol. The molecule has 3 rings (SSSR count). The molecule has 0 radical (unpaired) electrons. The molecule has 0 saturated heterocycles. The van der Waals surface area contributed by atoms with Crippen LogP contribution in [0.15, 0.2) is 42.9 Å². The maximum absolute atomic E-state index is 5.95. The van der Waals surface area contributed by atoms with Crippen LogP contribution in [-0.2, 0) is 6.54 Å². The molecule has 0 atom stereocenters. The van der Waals surface area contributed by atoms with Crippen molar-refractivity contribution in [3.05, 3.63) is 42.9 Å². The first-order chi connectivity index (χ1) is 11.3. The number of rotatable bonds is 7. The highest BCUT2D eigenvalue weighted by Crippen LogP contribution is 2.31. The number of hydrogen-bond donors (Lipinski definition) is 1. The summed E-state index contributed by atoms with van der Waals surface area (Å²) in [4.78, 5) is 9.19. The summed E-state index contributed by atoms with van der Waals surface area (Å²) in [6.45, 7) is 4.55. The first-order valence-electron chi connectivity index (χ1n) is 8.01. The third-order valence-electron chi connectivity index (χ3n) is 3.82. The van der Waals surface area contributed by atoms with Crippen LogP contribution in [0.25, 0.3) is 22.3 Å². The highest BCUT2D eigenvalue weighted by Gasteiger charge is 2.15. The first kappa shape index (κ1) is 15.5. The number of hydrogen-bond acceptors (Lipinski definition) is 4. The third kappa shape index (κ3) is 3.19. The zero-order chi connectivity index (χ0) is 16.1. The van der Waals surface area contributed by atoms with E-state index in [1.165, 1.54) is 0 Å². The lowest BCUT2D eigenvalue weighted by molar-refractivity contribution is 0.311. The van der Waals surface area contributed by atoms with Crippen molar-refractivity contribution in [3.8, 4) is 17.0 Å². The molecule has 1 N–H and O–H groups in total. The molecule has 0 fully saturated rings. The summed E-state index contributed by atoms with van der Waals surface area (Å²) >= 11 is 0. The van der Waals surface area contributed by atoms with Crippen LogP contribution in [0.1, 0.15) is 13.3 Å². The van der Waals surface area contributed by atoms with Gasteiger partial charge in [-0.15, -0.1) is 0 Å². The molecule has 0 bridgehead atoms. The minimum absolute atomic E-state index is 0.664. The number of pyridine rings is 1. The second-order valence-corrected chi connectivity index (χ2v) is 5.37. The van der Waals surface area contributed by atoms with E-state index in [2.05, 4.69) is 38.9 Å².